The zero-order chi connectivity index (χ0) is 22.1. The van der Waals surface area contributed by atoms with Crippen molar-refractivity contribution in [3.63, 3.8) is 0 Å². The molecule has 7 nitrogen and oxygen atoms in total. The minimum absolute atomic E-state index is 0.0701. The fourth-order valence-electron chi connectivity index (χ4n) is 4.11. The second-order valence-corrected chi connectivity index (χ2v) is 8.15. The van der Waals surface area contributed by atoms with E-state index in [1.165, 1.54) is 4.57 Å². The van der Waals surface area contributed by atoms with Gasteiger partial charge in [-0.2, -0.15) is 0 Å². The van der Waals surface area contributed by atoms with Crippen molar-refractivity contribution in [2.45, 2.75) is 38.8 Å². The second kappa shape index (κ2) is 8.45. The predicted octanol–water partition coefficient (Wildman–Crippen LogP) is 3.24. The lowest BCUT2D eigenvalue weighted by Gasteiger charge is -2.31. The summed E-state index contributed by atoms with van der Waals surface area (Å²) in [6.07, 6.45) is 4.79. The lowest BCUT2D eigenvalue weighted by Crippen LogP contribution is -2.39. The Bertz CT molecular complexity index is 1100. The number of rotatable bonds is 3. The number of fused-ring (bicyclic) bond motifs is 1. The summed E-state index contributed by atoms with van der Waals surface area (Å²) in [6, 6.07) is 5.31. The number of carbonyl (C=O) groups excluding carboxylic acids is 2. The van der Waals surface area contributed by atoms with Crippen molar-refractivity contribution in [2.24, 2.45) is 0 Å². The summed E-state index contributed by atoms with van der Waals surface area (Å²) in [5.74, 6) is 0.342. The average Bonchev–Trinajstić information content (AvgIpc) is 2.77. The third-order valence-electron chi connectivity index (χ3n) is 5.82. The molecule has 2 aromatic heterocycles. The van der Waals surface area contributed by atoms with E-state index in [2.05, 4.69) is 11.6 Å². The number of hydrogen-bond acceptors (Lipinski definition) is 5. The summed E-state index contributed by atoms with van der Waals surface area (Å²) in [5, 5.41) is 8.23. The molecule has 1 amide bonds. The van der Waals surface area contributed by atoms with Crippen LogP contribution in [0.15, 0.2) is 42.7 Å². The van der Waals surface area contributed by atoms with Crippen LogP contribution < -0.4 is 10.4 Å². The summed E-state index contributed by atoms with van der Waals surface area (Å²) in [6.45, 7) is 6.87. The van der Waals surface area contributed by atoms with Crippen LogP contribution in [-0.2, 0) is 6.42 Å². The molecule has 0 aliphatic carbocycles. The standard InChI is InChI=1S/C23H26FN5O2/c1-15(2)22(30)29-11-7-19(13-20(29)25)28-8-3-4-16-12-17(14-26-21(16)28)23(31)27-9-5-18(24)6-10-27/h7,11-14,18,25H,1,3-6,8-10H2,2H3. The van der Waals surface area contributed by atoms with Gasteiger partial charge in [0.25, 0.3) is 11.8 Å². The van der Waals surface area contributed by atoms with E-state index < -0.39 is 6.17 Å². The van der Waals surface area contributed by atoms with Gasteiger partial charge >= 0.3 is 0 Å². The molecule has 0 unspecified atom stereocenters. The maximum Gasteiger partial charge on any atom is 0.258 e. The highest BCUT2D eigenvalue weighted by Crippen LogP contribution is 2.32. The van der Waals surface area contributed by atoms with Crippen molar-refractivity contribution in [1.82, 2.24) is 14.5 Å². The number of carbonyl (C=O) groups is 2. The molecule has 0 radical (unpaired) electrons. The number of anilines is 2. The summed E-state index contributed by atoms with van der Waals surface area (Å²) in [5.41, 5.74) is 2.70. The van der Waals surface area contributed by atoms with Crippen molar-refractivity contribution < 1.29 is 14.0 Å². The molecule has 0 spiro atoms. The molecule has 4 heterocycles. The SMILES string of the molecule is C=C(C)C(=O)n1ccc(N2CCCc3cc(C(=O)N4CCC(F)CC4)cnc32)cc1=N. The fraction of sp³-hybridized carbons (Fsp3) is 0.391. The quantitative estimate of drug-likeness (QED) is 0.769. The van der Waals surface area contributed by atoms with Crippen LogP contribution in [0.5, 0.6) is 0 Å². The number of nitrogens with zero attached hydrogens (tertiary/aromatic N) is 4. The molecule has 1 N–H and O–H groups in total. The summed E-state index contributed by atoms with van der Waals surface area (Å²) in [7, 11) is 0. The van der Waals surface area contributed by atoms with E-state index in [1.807, 2.05) is 11.0 Å². The van der Waals surface area contributed by atoms with Gasteiger partial charge in [0, 0.05) is 49.4 Å². The summed E-state index contributed by atoms with van der Waals surface area (Å²) in [4.78, 5) is 33.3. The van der Waals surface area contributed by atoms with Crippen LogP contribution in [0.25, 0.3) is 0 Å². The Hall–Kier alpha value is -3.29. The molecule has 2 aliphatic rings. The second-order valence-electron chi connectivity index (χ2n) is 8.15. The fourth-order valence-corrected chi connectivity index (χ4v) is 4.11. The maximum atomic E-state index is 13.4. The van der Waals surface area contributed by atoms with E-state index in [-0.39, 0.29) is 17.3 Å². The van der Waals surface area contributed by atoms with Crippen molar-refractivity contribution >= 4 is 23.3 Å². The molecule has 1 saturated heterocycles. The normalized spacial score (nSPS) is 16.7. The highest BCUT2D eigenvalue weighted by molar-refractivity contribution is 5.95. The zero-order valence-electron chi connectivity index (χ0n) is 17.6. The van der Waals surface area contributed by atoms with Gasteiger partial charge in [0.05, 0.1) is 5.56 Å². The Kier molecular flexibility index (Phi) is 5.71. The first-order valence-corrected chi connectivity index (χ1v) is 10.5. The Morgan fingerprint density at radius 3 is 2.65 bits per heavy atom. The molecule has 0 saturated carbocycles. The third kappa shape index (κ3) is 4.15. The van der Waals surface area contributed by atoms with Gasteiger partial charge in [-0.1, -0.05) is 6.58 Å². The Morgan fingerprint density at radius 2 is 1.97 bits per heavy atom. The first-order chi connectivity index (χ1) is 14.8. The van der Waals surface area contributed by atoms with Gasteiger partial charge in [0.15, 0.2) is 0 Å². The number of likely N-dealkylation sites (tertiary alicyclic amines) is 1. The van der Waals surface area contributed by atoms with E-state index in [0.29, 0.717) is 37.1 Å². The van der Waals surface area contributed by atoms with Gasteiger partial charge in [-0.3, -0.25) is 19.6 Å². The van der Waals surface area contributed by atoms with E-state index in [9.17, 15) is 14.0 Å². The maximum absolute atomic E-state index is 13.4. The lowest BCUT2D eigenvalue weighted by molar-refractivity contribution is 0.0666. The van der Waals surface area contributed by atoms with Crippen LogP contribution >= 0.6 is 0 Å². The average molecular weight is 423 g/mol. The number of hydrogen-bond donors (Lipinski definition) is 1. The van der Waals surface area contributed by atoms with Crippen molar-refractivity contribution in [2.75, 3.05) is 24.5 Å². The predicted molar refractivity (Wildman–Crippen MR) is 115 cm³/mol. The zero-order valence-corrected chi connectivity index (χ0v) is 17.6. The van der Waals surface area contributed by atoms with Gasteiger partial charge in [-0.15, -0.1) is 0 Å². The first-order valence-electron chi connectivity index (χ1n) is 10.5. The molecule has 4 rings (SSSR count). The molecule has 162 valence electrons. The summed E-state index contributed by atoms with van der Waals surface area (Å²) >= 11 is 0. The number of aromatic nitrogens is 2. The van der Waals surface area contributed by atoms with Crippen LogP contribution in [0.1, 0.15) is 46.9 Å². The molecule has 31 heavy (non-hydrogen) atoms. The van der Waals surface area contributed by atoms with Crippen LogP contribution in [0.2, 0.25) is 0 Å². The smallest absolute Gasteiger partial charge is 0.258 e. The number of allylic oxidation sites excluding steroid dienone is 1. The van der Waals surface area contributed by atoms with E-state index in [4.69, 9.17) is 5.41 Å². The number of alkyl halides is 1. The van der Waals surface area contributed by atoms with Gasteiger partial charge < -0.3 is 9.80 Å². The first kappa shape index (κ1) is 21.0. The van der Waals surface area contributed by atoms with Crippen LogP contribution in [0.3, 0.4) is 0 Å². The lowest BCUT2D eigenvalue weighted by atomic mass is 10.0. The van der Waals surface area contributed by atoms with Gasteiger partial charge in [0.2, 0.25) is 0 Å². The molecule has 2 aromatic rings. The number of piperidine rings is 1. The Morgan fingerprint density at radius 1 is 1.23 bits per heavy atom. The monoisotopic (exact) mass is 423 g/mol. The topological polar surface area (TPSA) is 82.3 Å². The molecule has 8 heteroatoms. The molecular formula is C23H26FN5O2. The minimum atomic E-state index is -0.823. The molecule has 0 aromatic carbocycles. The Labute approximate surface area is 180 Å². The third-order valence-corrected chi connectivity index (χ3v) is 5.82. The van der Waals surface area contributed by atoms with Crippen LogP contribution in [-0.4, -0.2) is 52.1 Å². The van der Waals surface area contributed by atoms with Crippen molar-refractivity contribution in [1.29, 1.82) is 5.41 Å². The van der Waals surface area contributed by atoms with Gasteiger partial charge in [0.1, 0.15) is 17.5 Å². The molecule has 2 aliphatic heterocycles. The number of halogens is 1. The highest BCUT2D eigenvalue weighted by atomic mass is 19.1. The van der Waals surface area contributed by atoms with Crippen LogP contribution in [0.4, 0.5) is 15.9 Å². The van der Waals surface area contributed by atoms with Crippen molar-refractivity contribution in [3.8, 4) is 0 Å². The molecule has 0 bridgehead atoms. The number of pyridine rings is 2. The van der Waals surface area contributed by atoms with Crippen LogP contribution in [0, 0.1) is 5.41 Å². The molecule has 0 atom stereocenters. The highest BCUT2D eigenvalue weighted by Gasteiger charge is 2.26. The van der Waals surface area contributed by atoms with Gasteiger partial charge in [-0.05, 0) is 50.3 Å². The summed E-state index contributed by atoms with van der Waals surface area (Å²) < 4.78 is 14.7. The number of aryl methyl sites for hydroxylation is 1. The number of amides is 1. The van der Waals surface area contributed by atoms with E-state index in [0.717, 1.165) is 36.5 Å². The van der Waals surface area contributed by atoms with E-state index >= 15 is 0 Å². The minimum Gasteiger partial charge on any atom is -0.338 e. The molecular weight excluding hydrogens is 397 g/mol. The van der Waals surface area contributed by atoms with Gasteiger partial charge in [-0.25, -0.2) is 9.37 Å². The van der Waals surface area contributed by atoms with E-state index in [1.54, 1.807) is 36.4 Å². The largest absolute Gasteiger partial charge is 0.338 e. The molecule has 1 fully saturated rings. The van der Waals surface area contributed by atoms with Crippen molar-refractivity contribution in [3.05, 3.63) is 59.4 Å². The number of nitrogens with one attached hydrogen (secondary N) is 1. The Balaban J connectivity index is 1.60.